The van der Waals surface area contributed by atoms with Crippen LogP contribution >= 0.6 is 11.8 Å². The number of nitrogens with zero attached hydrogens (tertiary/aromatic N) is 5. The molecular weight excluding hydrogens is 370 g/mol. The Morgan fingerprint density at radius 3 is 2.71 bits per heavy atom. The molecule has 0 spiro atoms. The molecule has 0 aliphatic carbocycles. The van der Waals surface area contributed by atoms with Crippen LogP contribution in [0.4, 0.5) is 0 Å². The molecule has 0 unspecified atom stereocenters. The summed E-state index contributed by atoms with van der Waals surface area (Å²) in [4.78, 5) is 18.6. The number of carbonyl (C=O) groups is 1. The van der Waals surface area contributed by atoms with Gasteiger partial charge in [0.1, 0.15) is 0 Å². The first kappa shape index (κ1) is 18.7. The molecule has 0 N–H and O–H groups in total. The summed E-state index contributed by atoms with van der Waals surface area (Å²) in [6.07, 6.45) is 7.31. The first-order valence-electron chi connectivity index (χ1n) is 9.60. The SMILES string of the molecule is O=C1CCCCCN1Cc1nnc(SCc2ccccc2)n1-c1cccnc1. The molecule has 0 atom stereocenters. The van der Waals surface area contributed by atoms with E-state index in [-0.39, 0.29) is 5.91 Å². The number of thioether (sulfide) groups is 1. The fraction of sp³-hybridized carbons (Fsp3) is 0.333. The van der Waals surface area contributed by atoms with Gasteiger partial charge < -0.3 is 4.90 Å². The lowest BCUT2D eigenvalue weighted by Crippen LogP contribution is -2.31. The van der Waals surface area contributed by atoms with Crippen molar-refractivity contribution in [3.63, 3.8) is 0 Å². The number of pyridine rings is 1. The zero-order chi connectivity index (χ0) is 19.2. The Labute approximate surface area is 169 Å². The van der Waals surface area contributed by atoms with Gasteiger partial charge in [-0.15, -0.1) is 10.2 Å². The molecule has 7 heteroatoms. The number of carbonyl (C=O) groups excluding carboxylic acids is 1. The number of likely N-dealkylation sites (tertiary alicyclic amines) is 1. The minimum absolute atomic E-state index is 0.205. The number of rotatable bonds is 6. The van der Waals surface area contributed by atoms with Gasteiger partial charge in [0.05, 0.1) is 18.4 Å². The van der Waals surface area contributed by atoms with Crippen molar-refractivity contribution in [1.29, 1.82) is 0 Å². The predicted molar refractivity (Wildman–Crippen MR) is 109 cm³/mol. The molecule has 1 aliphatic rings. The molecule has 0 saturated carbocycles. The molecule has 3 aromatic rings. The lowest BCUT2D eigenvalue weighted by atomic mass is 10.2. The average molecular weight is 394 g/mol. The Morgan fingerprint density at radius 2 is 1.89 bits per heavy atom. The van der Waals surface area contributed by atoms with E-state index in [0.29, 0.717) is 13.0 Å². The fourth-order valence-electron chi connectivity index (χ4n) is 3.34. The molecule has 1 saturated heterocycles. The van der Waals surface area contributed by atoms with Crippen LogP contribution in [0.2, 0.25) is 0 Å². The molecule has 1 aliphatic heterocycles. The van der Waals surface area contributed by atoms with Crippen LogP contribution in [0.3, 0.4) is 0 Å². The highest BCUT2D eigenvalue weighted by Crippen LogP contribution is 2.26. The molecule has 28 heavy (non-hydrogen) atoms. The summed E-state index contributed by atoms with van der Waals surface area (Å²) in [7, 11) is 0. The standard InChI is InChI=1S/C21H23N5OS/c27-20-11-5-2-6-13-25(20)15-19-23-24-21(26(19)18-10-7-12-22-14-18)28-16-17-8-3-1-4-9-17/h1,3-4,7-10,12,14H,2,5-6,11,13,15-16H2. The van der Waals surface area contributed by atoms with E-state index in [1.54, 1.807) is 18.0 Å². The Kier molecular flexibility index (Phi) is 6.01. The number of benzene rings is 1. The van der Waals surface area contributed by atoms with Gasteiger partial charge in [0, 0.05) is 24.9 Å². The van der Waals surface area contributed by atoms with Gasteiger partial charge in [-0.05, 0) is 30.5 Å². The van der Waals surface area contributed by atoms with Gasteiger partial charge >= 0.3 is 0 Å². The second-order valence-corrected chi connectivity index (χ2v) is 7.79. The van der Waals surface area contributed by atoms with Crippen LogP contribution in [0.1, 0.15) is 37.1 Å². The van der Waals surface area contributed by atoms with Gasteiger partial charge in [0.2, 0.25) is 5.91 Å². The molecule has 0 radical (unpaired) electrons. The van der Waals surface area contributed by atoms with Gasteiger partial charge in [0.15, 0.2) is 11.0 Å². The van der Waals surface area contributed by atoms with Crippen molar-refractivity contribution in [2.45, 2.75) is 43.1 Å². The summed E-state index contributed by atoms with van der Waals surface area (Å²) in [5, 5.41) is 9.68. The van der Waals surface area contributed by atoms with Crippen molar-refractivity contribution in [3.8, 4) is 5.69 Å². The summed E-state index contributed by atoms with van der Waals surface area (Å²) in [6, 6.07) is 14.2. The van der Waals surface area contributed by atoms with E-state index in [4.69, 9.17) is 0 Å². The third kappa shape index (κ3) is 4.42. The van der Waals surface area contributed by atoms with Gasteiger partial charge in [0.25, 0.3) is 0 Å². The zero-order valence-electron chi connectivity index (χ0n) is 15.7. The lowest BCUT2D eigenvalue weighted by molar-refractivity contribution is -0.131. The molecule has 1 fully saturated rings. The Hall–Kier alpha value is -2.67. The smallest absolute Gasteiger partial charge is 0.222 e. The van der Waals surface area contributed by atoms with E-state index in [1.165, 1.54) is 5.56 Å². The molecule has 3 heterocycles. The fourth-order valence-corrected chi connectivity index (χ4v) is 4.27. The molecule has 6 nitrogen and oxygen atoms in total. The van der Waals surface area contributed by atoms with Gasteiger partial charge in [-0.1, -0.05) is 48.5 Å². The van der Waals surface area contributed by atoms with Crippen LogP contribution < -0.4 is 0 Å². The molecule has 1 amide bonds. The molecule has 1 aromatic carbocycles. The molecule has 4 rings (SSSR count). The highest BCUT2D eigenvalue weighted by atomic mass is 32.2. The normalized spacial score (nSPS) is 14.9. The minimum Gasteiger partial charge on any atom is -0.335 e. The highest BCUT2D eigenvalue weighted by molar-refractivity contribution is 7.98. The van der Waals surface area contributed by atoms with Crippen LogP contribution in [0, 0.1) is 0 Å². The first-order chi connectivity index (χ1) is 13.8. The summed E-state index contributed by atoms with van der Waals surface area (Å²) >= 11 is 1.64. The predicted octanol–water partition coefficient (Wildman–Crippen LogP) is 3.86. The number of aromatic nitrogens is 4. The lowest BCUT2D eigenvalue weighted by Gasteiger charge is -2.20. The quantitative estimate of drug-likeness (QED) is 0.595. The van der Waals surface area contributed by atoms with Crippen LogP contribution in [0.15, 0.2) is 60.0 Å². The maximum Gasteiger partial charge on any atom is 0.222 e. The number of hydrogen-bond acceptors (Lipinski definition) is 5. The number of amides is 1. The highest BCUT2D eigenvalue weighted by Gasteiger charge is 2.22. The maximum atomic E-state index is 12.4. The van der Waals surface area contributed by atoms with Gasteiger partial charge in [-0.2, -0.15) is 0 Å². The molecule has 0 bridgehead atoms. The third-order valence-corrected chi connectivity index (χ3v) is 5.82. The van der Waals surface area contributed by atoms with Crippen molar-refractivity contribution in [1.82, 2.24) is 24.6 Å². The van der Waals surface area contributed by atoms with Crippen LogP contribution in [0.5, 0.6) is 0 Å². The van der Waals surface area contributed by atoms with Crippen molar-refractivity contribution in [3.05, 3.63) is 66.2 Å². The van der Waals surface area contributed by atoms with E-state index >= 15 is 0 Å². The first-order valence-corrected chi connectivity index (χ1v) is 10.6. The Bertz CT molecular complexity index is 913. The van der Waals surface area contributed by atoms with E-state index in [0.717, 1.165) is 48.2 Å². The van der Waals surface area contributed by atoms with Crippen molar-refractivity contribution in [2.24, 2.45) is 0 Å². The minimum atomic E-state index is 0.205. The summed E-state index contributed by atoms with van der Waals surface area (Å²) in [5.74, 6) is 1.79. The second kappa shape index (κ2) is 9.01. The Morgan fingerprint density at radius 1 is 1.00 bits per heavy atom. The number of hydrogen-bond donors (Lipinski definition) is 0. The molecular formula is C21H23N5OS. The average Bonchev–Trinajstić information content (AvgIpc) is 3.03. The van der Waals surface area contributed by atoms with Crippen molar-refractivity contribution < 1.29 is 4.79 Å². The van der Waals surface area contributed by atoms with E-state index in [9.17, 15) is 4.79 Å². The second-order valence-electron chi connectivity index (χ2n) is 6.85. The van der Waals surface area contributed by atoms with Crippen LogP contribution in [-0.4, -0.2) is 37.1 Å². The molecule has 2 aromatic heterocycles. The third-order valence-electron chi connectivity index (χ3n) is 4.82. The zero-order valence-corrected chi connectivity index (χ0v) is 16.5. The van der Waals surface area contributed by atoms with Gasteiger partial charge in [-0.25, -0.2) is 0 Å². The van der Waals surface area contributed by atoms with E-state index in [2.05, 4.69) is 27.3 Å². The summed E-state index contributed by atoms with van der Waals surface area (Å²) in [6.45, 7) is 1.26. The van der Waals surface area contributed by atoms with E-state index in [1.807, 2.05) is 46.0 Å². The van der Waals surface area contributed by atoms with Crippen LogP contribution in [0.25, 0.3) is 5.69 Å². The maximum absolute atomic E-state index is 12.4. The molecule has 144 valence electrons. The summed E-state index contributed by atoms with van der Waals surface area (Å²) < 4.78 is 2.03. The van der Waals surface area contributed by atoms with Crippen LogP contribution in [-0.2, 0) is 17.1 Å². The van der Waals surface area contributed by atoms with E-state index < -0.39 is 0 Å². The van der Waals surface area contributed by atoms with Crippen molar-refractivity contribution in [2.75, 3.05) is 6.54 Å². The van der Waals surface area contributed by atoms with Crippen molar-refractivity contribution >= 4 is 17.7 Å². The monoisotopic (exact) mass is 393 g/mol. The summed E-state index contributed by atoms with van der Waals surface area (Å²) in [5.41, 5.74) is 2.15. The topological polar surface area (TPSA) is 63.9 Å². The van der Waals surface area contributed by atoms with Gasteiger partial charge in [-0.3, -0.25) is 14.3 Å². The Balaban J connectivity index is 1.61. The largest absolute Gasteiger partial charge is 0.335 e.